The molecule has 0 fully saturated rings. The van der Waals surface area contributed by atoms with E-state index in [0.29, 0.717) is 17.0 Å². The predicted molar refractivity (Wildman–Crippen MR) is 88.3 cm³/mol. The second-order valence-corrected chi connectivity index (χ2v) is 5.03. The molecule has 0 aromatic heterocycles. The first kappa shape index (κ1) is 17.1. The summed E-state index contributed by atoms with van der Waals surface area (Å²) in [5.41, 5.74) is 1.04. The number of carbonyl (C=O) groups is 2. The van der Waals surface area contributed by atoms with E-state index in [2.05, 4.69) is 5.32 Å². The van der Waals surface area contributed by atoms with Crippen LogP contribution in [-0.2, 0) is 4.79 Å². The van der Waals surface area contributed by atoms with Gasteiger partial charge in [0.2, 0.25) is 5.91 Å². The fourth-order valence-corrected chi connectivity index (χ4v) is 1.94. The third-order valence-electron chi connectivity index (χ3n) is 3.22. The molecule has 0 atom stereocenters. The highest BCUT2D eigenvalue weighted by molar-refractivity contribution is 5.94. The lowest BCUT2D eigenvalue weighted by Gasteiger charge is -2.07. The fourth-order valence-electron chi connectivity index (χ4n) is 1.94. The smallest absolute Gasteiger partial charge is 0.269 e. The number of nitro benzene ring substituents is 1. The summed E-state index contributed by atoms with van der Waals surface area (Å²) in [7, 11) is 0. The lowest BCUT2D eigenvalue weighted by atomic mass is 10.1. The molecule has 7 heteroatoms. The van der Waals surface area contributed by atoms with Crippen LogP contribution >= 0.6 is 0 Å². The van der Waals surface area contributed by atoms with Gasteiger partial charge in [0, 0.05) is 23.4 Å². The summed E-state index contributed by atoms with van der Waals surface area (Å²) in [6.45, 7) is 1.66. The molecule has 2 aromatic carbocycles. The summed E-state index contributed by atoms with van der Waals surface area (Å²) in [5, 5.41) is 13.2. The Morgan fingerprint density at radius 3 is 2.25 bits per heavy atom. The highest BCUT2D eigenvalue weighted by Crippen LogP contribution is 2.16. The SMILES string of the molecule is CC(=O)c1ccc(OCCC(=O)Nc2ccc([N+](=O)[O-])cc2)cc1. The molecule has 0 radical (unpaired) electrons. The Hall–Kier alpha value is -3.22. The van der Waals surface area contributed by atoms with Gasteiger partial charge in [-0.1, -0.05) is 0 Å². The third kappa shape index (κ3) is 4.91. The van der Waals surface area contributed by atoms with E-state index in [-0.39, 0.29) is 30.4 Å². The quantitative estimate of drug-likeness (QED) is 0.478. The van der Waals surface area contributed by atoms with Crippen molar-refractivity contribution in [3.63, 3.8) is 0 Å². The normalized spacial score (nSPS) is 10.0. The van der Waals surface area contributed by atoms with Gasteiger partial charge in [-0.25, -0.2) is 0 Å². The topological polar surface area (TPSA) is 98.5 Å². The van der Waals surface area contributed by atoms with E-state index in [1.54, 1.807) is 24.3 Å². The van der Waals surface area contributed by atoms with Gasteiger partial charge in [0.1, 0.15) is 5.75 Å². The average Bonchev–Trinajstić information content (AvgIpc) is 2.55. The molecule has 0 saturated carbocycles. The van der Waals surface area contributed by atoms with Gasteiger partial charge in [0.15, 0.2) is 5.78 Å². The van der Waals surface area contributed by atoms with Crippen LogP contribution in [0.15, 0.2) is 48.5 Å². The van der Waals surface area contributed by atoms with Gasteiger partial charge in [-0.2, -0.15) is 0 Å². The second kappa shape index (κ2) is 7.87. The first-order valence-corrected chi connectivity index (χ1v) is 7.24. The number of ether oxygens (including phenoxy) is 1. The van der Waals surface area contributed by atoms with Crippen LogP contribution in [-0.4, -0.2) is 23.2 Å². The van der Waals surface area contributed by atoms with Crippen molar-refractivity contribution in [1.29, 1.82) is 0 Å². The molecule has 24 heavy (non-hydrogen) atoms. The Balaban J connectivity index is 1.78. The molecule has 0 heterocycles. The number of nitrogens with zero attached hydrogens (tertiary/aromatic N) is 1. The number of benzene rings is 2. The standard InChI is InChI=1S/C17H16N2O5/c1-12(20)13-2-8-16(9-3-13)24-11-10-17(21)18-14-4-6-15(7-5-14)19(22)23/h2-9H,10-11H2,1H3,(H,18,21). The highest BCUT2D eigenvalue weighted by atomic mass is 16.6. The van der Waals surface area contributed by atoms with Crippen molar-refractivity contribution < 1.29 is 19.2 Å². The molecule has 2 rings (SSSR count). The van der Waals surface area contributed by atoms with Gasteiger partial charge in [-0.05, 0) is 43.3 Å². The van der Waals surface area contributed by atoms with E-state index in [1.807, 2.05) is 0 Å². The van der Waals surface area contributed by atoms with E-state index < -0.39 is 4.92 Å². The number of non-ortho nitro benzene ring substituents is 1. The number of hydrogen-bond acceptors (Lipinski definition) is 5. The third-order valence-corrected chi connectivity index (χ3v) is 3.22. The zero-order valence-electron chi connectivity index (χ0n) is 13.0. The molecular formula is C17H16N2O5. The molecule has 0 aliphatic rings. The van der Waals surface area contributed by atoms with Gasteiger partial charge in [-0.15, -0.1) is 0 Å². The van der Waals surface area contributed by atoms with Crippen molar-refractivity contribution >= 4 is 23.1 Å². The minimum Gasteiger partial charge on any atom is -0.493 e. The van der Waals surface area contributed by atoms with Crippen LogP contribution in [0.25, 0.3) is 0 Å². The lowest BCUT2D eigenvalue weighted by molar-refractivity contribution is -0.384. The van der Waals surface area contributed by atoms with Crippen molar-refractivity contribution in [2.24, 2.45) is 0 Å². The average molecular weight is 328 g/mol. The van der Waals surface area contributed by atoms with E-state index in [4.69, 9.17) is 4.74 Å². The number of nitrogens with one attached hydrogen (secondary N) is 1. The van der Waals surface area contributed by atoms with E-state index in [0.717, 1.165) is 0 Å². The van der Waals surface area contributed by atoms with Crippen molar-refractivity contribution in [3.8, 4) is 5.75 Å². The van der Waals surface area contributed by atoms with Gasteiger partial charge >= 0.3 is 0 Å². The van der Waals surface area contributed by atoms with Crippen LogP contribution < -0.4 is 10.1 Å². The summed E-state index contributed by atoms with van der Waals surface area (Å²) in [6, 6.07) is 12.2. The molecule has 0 unspecified atom stereocenters. The van der Waals surface area contributed by atoms with Crippen molar-refractivity contribution in [3.05, 3.63) is 64.2 Å². The monoisotopic (exact) mass is 328 g/mol. The molecule has 0 aliphatic carbocycles. The molecule has 1 N–H and O–H groups in total. The summed E-state index contributed by atoms with van der Waals surface area (Å²) >= 11 is 0. The van der Waals surface area contributed by atoms with Crippen molar-refractivity contribution in [2.45, 2.75) is 13.3 Å². The summed E-state index contributed by atoms with van der Waals surface area (Å²) in [6.07, 6.45) is 0.130. The number of Topliss-reactive ketones (excluding diaryl/α,β-unsaturated/α-hetero) is 1. The summed E-state index contributed by atoms with van der Waals surface area (Å²) in [4.78, 5) is 33.0. The number of carbonyl (C=O) groups excluding carboxylic acids is 2. The van der Waals surface area contributed by atoms with Gasteiger partial charge in [-0.3, -0.25) is 19.7 Å². The maximum Gasteiger partial charge on any atom is 0.269 e. The Labute approximate surface area is 138 Å². The Morgan fingerprint density at radius 1 is 1.08 bits per heavy atom. The van der Waals surface area contributed by atoms with Crippen LogP contribution in [0.2, 0.25) is 0 Å². The van der Waals surface area contributed by atoms with Crippen LogP contribution in [0.4, 0.5) is 11.4 Å². The zero-order valence-corrected chi connectivity index (χ0v) is 13.0. The van der Waals surface area contributed by atoms with Crippen LogP contribution in [0.1, 0.15) is 23.7 Å². The molecule has 0 aliphatic heterocycles. The van der Waals surface area contributed by atoms with Crippen LogP contribution in [0.3, 0.4) is 0 Å². The summed E-state index contributed by atoms with van der Waals surface area (Å²) < 4.78 is 5.44. The number of amides is 1. The van der Waals surface area contributed by atoms with E-state index in [9.17, 15) is 19.7 Å². The molecule has 0 spiro atoms. The number of anilines is 1. The maximum atomic E-state index is 11.8. The minimum absolute atomic E-state index is 0.0241. The van der Waals surface area contributed by atoms with Crippen molar-refractivity contribution in [2.75, 3.05) is 11.9 Å². The number of rotatable bonds is 7. The fraction of sp³-hybridized carbons (Fsp3) is 0.176. The van der Waals surface area contributed by atoms with Crippen LogP contribution in [0.5, 0.6) is 5.75 Å². The maximum absolute atomic E-state index is 11.8. The van der Waals surface area contributed by atoms with E-state index >= 15 is 0 Å². The zero-order chi connectivity index (χ0) is 17.5. The van der Waals surface area contributed by atoms with Crippen molar-refractivity contribution in [1.82, 2.24) is 0 Å². The number of ketones is 1. The Morgan fingerprint density at radius 2 is 1.71 bits per heavy atom. The largest absolute Gasteiger partial charge is 0.493 e. The first-order chi connectivity index (χ1) is 11.5. The molecule has 1 amide bonds. The van der Waals surface area contributed by atoms with Gasteiger partial charge < -0.3 is 10.1 Å². The number of hydrogen-bond donors (Lipinski definition) is 1. The number of nitro groups is 1. The summed E-state index contributed by atoms with van der Waals surface area (Å²) in [5.74, 6) is 0.288. The Kier molecular flexibility index (Phi) is 5.62. The van der Waals surface area contributed by atoms with Crippen LogP contribution in [0, 0.1) is 10.1 Å². The minimum atomic E-state index is -0.503. The highest BCUT2D eigenvalue weighted by Gasteiger charge is 2.07. The molecule has 2 aromatic rings. The van der Waals surface area contributed by atoms with Gasteiger partial charge in [0.05, 0.1) is 18.0 Å². The Bertz CT molecular complexity index is 739. The second-order valence-electron chi connectivity index (χ2n) is 5.03. The predicted octanol–water partition coefficient (Wildman–Crippen LogP) is 3.21. The molecule has 0 bridgehead atoms. The molecular weight excluding hydrogens is 312 g/mol. The molecule has 0 saturated heterocycles. The van der Waals surface area contributed by atoms with Gasteiger partial charge in [0.25, 0.3) is 5.69 Å². The molecule has 124 valence electrons. The lowest BCUT2D eigenvalue weighted by Crippen LogP contribution is -2.15. The van der Waals surface area contributed by atoms with E-state index in [1.165, 1.54) is 31.2 Å². The molecule has 7 nitrogen and oxygen atoms in total. The first-order valence-electron chi connectivity index (χ1n) is 7.24.